The highest BCUT2D eigenvalue weighted by molar-refractivity contribution is 7.90. The van der Waals surface area contributed by atoms with E-state index in [1.807, 2.05) is 6.92 Å². The Morgan fingerprint density at radius 2 is 1.77 bits per heavy atom. The third-order valence-corrected chi connectivity index (χ3v) is 5.42. The molecule has 2 aliphatic carbocycles. The first-order valence-corrected chi connectivity index (χ1v) is 9.03. The normalized spacial score (nSPS) is 19.1. The standard InChI is InChI=1S/C17H19NO3S/c1-2-3-10-22(21)17-14(18-11-8-9-11)15(19)12-6-4-5-7-13(12)16(17)20/h4-7,11,18H,2-3,8-10H2,1H3. The van der Waals surface area contributed by atoms with Crippen molar-refractivity contribution in [2.45, 2.75) is 38.6 Å². The number of rotatable bonds is 6. The van der Waals surface area contributed by atoms with Crippen LogP contribution in [0.5, 0.6) is 0 Å². The first kappa shape index (κ1) is 15.2. The molecule has 0 radical (unpaired) electrons. The highest BCUT2D eigenvalue weighted by Gasteiger charge is 2.37. The molecule has 5 heteroatoms. The molecule has 2 aliphatic rings. The maximum atomic E-state index is 12.7. The lowest BCUT2D eigenvalue weighted by molar-refractivity contribution is 0.0974. The van der Waals surface area contributed by atoms with Gasteiger partial charge in [-0.05, 0) is 19.3 Å². The minimum absolute atomic E-state index is 0.170. The van der Waals surface area contributed by atoms with Gasteiger partial charge in [0.2, 0.25) is 11.6 Å². The maximum absolute atomic E-state index is 12.7. The van der Waals surface area contributed by atoms with E-state index in [0.29, 0.717) is 16.9 Å². The van der Waals surface area contributed by atoms with E-state index in [0.717, 1.165) is 25.7 Å². The van der Waals surface area contributed by atoms with Crippen LogP contribution in [-0.2, 0) is 10.8 Å². The molecule has 22 heavy (non-hydrogen) atoms. The van der Waals surface area contributed by atoms with Gasteiger partial charge in [0.25, 0.3) is 0 Å². The Morgan fingerprint density at radius 3 is 2.36 bits per heavy atom. The van der Waals surface area contributed by atoms with E-state index < -0.39 is 10.8 Å². The molecular weight excluding hydrogens is 298 g/mol. The van der Waals surface area contributed by atoms with E-state index in [2.05, 4.69) is 5.32 Å². The Bertz CT molecular complexity index is 689. The molecule has 1 unspecified atom stereocenters. The van der Waals surface area contributed by atoms with E-state index in [1.54, 1.807) is 24.3 Å². The van der Waals surface area contributed by atoms with Gasteiger partial charge >= 0.3 is 0 Å². The third-order valence-electron chi connectivity index (χ3n) is 3.91. The molecule has 0 saturated heterocycles. The highest BCUT2D eigenvalue weighted by Crippen LogP contribution is 2.30. The zero-order chi connectivity index (χ0) is 15.7. The van der Waals surface area contributed by atoms with Crippen LogP contribution < -0.4 is 5.32 Å². The second-order valence-electron chi connectivity index (χ2n) is 5.73. The molecule has 0 spiro atoms. The van der Waals surface area contributed by atoms with Crippen molar-refractivity contribution in [2.75, 3.05) is 5.75 Å². The number of hydrogen-bond acceptors (Lipinski definition) is 4. The fraction of sp³-hybridized carbons (Fsp3) is 0.412. The Balaban J connectivity index is 2.04. The minimum atomic E-state index is -1.44. The van der Waals surface area contributed by atoms with Gasteiger partial charge < -0.3 is 5.32 Å². The molecule has 3 rings (SSSR count). The topological polar surface area (TPSA) is 63.2 Å². The average molecular weight is 317 g/mol. The largest absolute Gasteiger partial charge is 0.378 e. The summed E-state index contributed by atoms with van der Waals surface area (Å²) in [7, 11) is -1.44. The number of carbonyl (C=O) groups is 2. The second-order valence-corrected chi connectivity index (χ2v) is 7.24. The molecule has 0 heterocycles. The first-order valence-electron chi connectivity index (χ1n) is 7.71. The summed E-state index contributed by atoms with van der Waals surface area (Å²) in [6.07, 6.45) is 3.65. The molecule has 1 saturated carbocycles. The number of Topliss-reactive ketones (excluding diaryl/α,β-unsaturated/α-hetero) is 2. The lowest BCUT2D eigenvalue weighted by Gasteiger charge is -2.21. The van der Waals surface area contributed by atoms with E-state index in [9.17, 15) is 13.8 Å². The molecule has 0 aromatic heterocycles. The second kappa shape index (κ2) is 6.16. The first-order chi connectivity index (χ1) is 10.6. The number of hydrogen-bond donors (Lipinski definition) is 1. The Labute approximate surface area is 132 Å². The van der Waals surface area contributed by atoms with Crippen LogP contribution in [0.4, 0.5) is 0 Å². The van der Waals surface area contributed by atoms with Crippen molar-refractivity contribution in [1.82, 2.24) is 5.32 Å². The van der Waals surface area contributed by atoms with Crippen LogP contribution in [0.3, 0.4) is 0 Å². The van der Waals surface area contributed by atoms with Crippen LogP contribution >= 0.6 is 0 Å². The zero-order valence-electron chi connectivity index (χ0n) is 12.6. The monoisotopic (exact) mass is 317 g/mol. The molecule has 1 aromatic rings. The lowest BCUT2D eigenvalue weighted by atomic mass is 9.92. The van der Waals surface area contributed by atoms with Crippen LogP contribution in [0.1, 0.15) is 53.3 Å². The number of benzene rings is 1. The average Bonchev–Trinajstić information content (AvgIpc) is 3.34. The summed E-state index contributed by atoms with van der Waals surface area (Å²) in [6, 6.07) is 7.01. The summed E-state index contributed by atoms with van der Waals surface area (Å²) in [4.78, 5) is 25.6. The minimum Gasteiger partial charge on any atom is -0.378 e. The molecule has 0 amide bonds. The smallest absolute Gasteiger partial charge is 0.210 e. The van der Waals surface area contributed by atoms with Crippen molar-refractivity contribution in [3.8, 4) is 0 Å². The molecule has 116 valence electrons. The summed E-state index contributed by atoms with van der Waals surface area (Å²) in [5.74, 6) is -0.0576. The third kappa shape index (κ3) is 2.77. The molecule has 0 bridgehead atoms. The quantitative estimate of drug-likeness (QED) is 0.876. The van der Waals surface area contributed by atoms with Gasteiger partial charge in [0, 0.05) is 22.9 Å². The van der Waals surface area contributed by atoms with Gasteiger partial charge in [-0.3, -0.25) is 13.8 Å². The number of unbranched alkanes of at least 4 members (excludes halogenated alkanes) is 1. The number of allylic oxidation sites excluding steroid dienone is 2. The van der Waals surface area contributed by atoms with E-state index in [-0.39, 0.29) is 28.2 Å². The number of carbonyl (C=O) groups excluding carboxylic acids is 2. The Morgan fingerprint density at radius 1 is 1.14 bits per heavy atom. The van der Waals surface area contributed by atoms with Crippen LogP contribution in [0.15, 0.2) is 34.9 Å². The fourth-order valence-electron chi connectivity index (χ4n) is 2.51. The van der Waals surface area contributed by atoms with Crippen molar-refractivity contribution in [1.29, 1.82) is 0 Å². The molecule has 1 N–H and O–H groups in total. The van der Waals surface area contributed by atoms with Gasteiger partial charge in [0.05, 0.1) is 10.8 Å². The molecule has 0 aliphatic heterocycles. The van der Waals surface area contributed by atoms with Crippen molar-refractivity contribution in [2.24, 2.45) is 0 Å². The summed E-state index contributed by atoms with van der Waals surface area (Å²) in [5.41, 5.74) is 1.04. The Kier molecular flexibility index (Phi) is 4.25. The molecular formula is C17H19NO3S. The zero-order valence-corrected chi connectivity index (χ0v) is 13.4. The van der Waals surface area contributed by atoms with E-state index in [1.165, 1.54) is 0 Å². The SMILES string of the molecule is CCCCS(=O)C1=C(NC2CC2)C(=O)c2ccccc2C1=O. The van der Waals surface area contributed by atoms with Crippen molar-refractivity contribution in [3.05, 3.63) is 46.0 Å². The molecule has 4 nitrogen and oxygen atoms in total. The molecule has 1 atom stereocenters. The van der Waals surface area contributed by atoms with Crippen LogP contribution in [0.25, 0.3) is 0 Å². The molecule has 1 fully saturated rings. The van der Waals surface area contributed by atoms with E-state index >= 15 is 0 Å². The van der Waals surface area contributed by atoms with Crippen LogP contribution in [-0.4, -0.2) is 27.6 Å². The predicted molar refractivity (Wildman–Crippen MR) is 86.2 cm³/mol. The van der Waals surface area contributed by atoms with Gasteiger partial charge in [-0.1, -0.05) is 37.6 Å². The van der Waals surface area contributed by atoms with Crippen LogP contribution in [0, 0.1) is 0 Å². The van der Waals surface area contributed by atoms with Crippen LogP contribution in [0.2, 0.25) is 0 Å². The van der Waals surface area contributed by atoms with Crippen molar-refractivity contribution >= 4 is 22.4 Å². The van der Waals surface area contributed by atoms with Crippen molar-refractivity contribution in [3.63, 3.8) is 0 Å². The predicted octanol–water partition coefficient (Wildman–Crippen LogP) is 2.58. The maximum Gasteiger partial charge on any atom is 0.210 e. The summed E-state index contributed by atoms with van der Waals surface area (Å²) < 4.78 is 12.6. The van der Waals surface area contributed by atoms with Gasteiger partial charge in [0.1, 0.15) is 10.6 Å². The number of fused-ring (bicyclic) bond motifs is 1. The van der Waals surface area contributed by atoms with Gasteiger partial charge in [-0.25, -0.2) is 0 Å². The lowest BCUT2D eigenvalue weighted by Crippen LogP contribution is -2.33. The van der Waals surface area contributed by atoms with Gasteiger partial charge in [-0.2, -0.15) is 0 Å². The number of ketones is 2. The highest BCUT2D eigenvalue weighted by atomic mass is 32.2. The number of nitrogens with one attached hydrogen (secondary N) is 1. The van der Waals surface area contributed by atoms with E-state index in [4.69, 9.17) is 0 Å². The summed E-state index contributed by atoms with van der Waals surface area (Å²) in [6.45, 7) is 2.01. The Hall–Kier alpha value is -1.75. The van der Waals surface area contributed by atoms with Gasteiger partial charge in [0.15, 0.2) is 0 Å². The fourth-order valence-corrected chi connectivity index (χ4v) is 3.96. The molecule has 1 aromatic carbocycles. The summed E-state index contributed by atoms with van der Waals surface area (Å²) in [5, 5.41) is 3.14. The van der Waals surface area contributed by atoms with Crippen molar-refractivity contribution < 1.29 is 13.8 Å². The van der Waals surface area contributed by atoms with Gasteiger partial charge in [-0.15, -0.1) is 0 Å². The summed E-state index contributed by atoms with van der Waals surface area (Å²) >= 11 is 0.